The molecule has 116 valence electrons. The lowest BCUT2D eigenvalue weighted by Gasteiger charge is -2.26. The molecule has 0 aromatic heterocycles. The molecule has 2 aromatic carbocycles. The highest BCUT2D eigenvalue weighted by Crippen LogP contribution is 2.22. The molecule has 0 heterocycles. The van der Waals surface area contributed by atoms with E-state index in [1.54, 1.807) is 0 Å². The lowest BCUT2D eigenvalue weighted by Crippen LogP contribution is -2.42. The van der Waals surface area contributed by atoms with Crippen LogP contribution in [0.3, 0.4) is 0 Å². The minimum absolute atomic E-state index is 0.0994. The summed E-state index contributed by atoms with van der Waals surface area (Å²) in [5.41, 5.74) is 3.46. The predicted molar refractivity (Wildman–Crippen MR) is 90.9 cm³/mol. The van der Waals surface area contributed by atoms with Crippen LogP contribution < -0.4 is 10.6 Å². The molecule has 2 amide bonds. The van der Waals surface area contributed by atoms with Crippen LogP contribution >= 0.6 is 0 Å². The molecule has 0 bridgehead atoms. The molecule has 0 aliphatic heterocycles. The van der Waals surface area contributed by atoms with Gasteiger partial charge in [-0.2, -0.15) is 0 Å². The summed E-state index contributed by atoms with van der Waals surface area (Å²) in [4.78, 5) is 11.9. The normalized spacial score (nSPS) is 11.0. The Balaban J connectivity index is 1.83. The molecule has 3 nitrogen and oxygen atoms in total. The van der Waals surface area contributed by atoms with Crippen molar-refractivity contribution in [1.82, 2.24) is 10.6 Å². The Labute approximate surface area is 132 Å². The monoisotopic (exact) mass is 296 g/mol. The number of rotatable bonds is 5. The van der Waals surface area contributed by atoms with Crippen molar-refractivity contribution in [1.29, 1.82) is 0 Å². The molecule has 0 unspecified atom stereocenters. The minimum atomic E-state index is -0.135. The van der Waals surface area contributed by atoms with Crippen molar-refractivity contribution in [2.45, 2.75) is 32.7 Å². The number of hydrogen-bond acceptors (Lipinski definition) is 1. The highest BCUT2D eigenvalue weighted by atomic mass is 16.2. The van der Waals surface area contributed by atoms with Crippen LogP contribution in [0, 0.1) is 6.92 Å². The Bertz CT molecular complexity index is 603. The zero-order valence-electron chi connectivity index (χ0n) is 13.5. The van der Waals surface area contributed by atoms with Gasteiger partial charge in [0.2, 0.25) is 0 Å². The van der Waals surface area contributed by atoms with Gasteiger partial charge in [-0.1, -0.05) is 74.0 Å². The molecule has 0 atom stereocenters. The number of nitrogens with one attached hydrogen (secondary N) is 2. The number of carbonyl (C=O) groups excluding carboxylic acids is 1. The fraction of sp³-hybridized carbons (Fsp3) is 0.316. The second kappa shape index (κ2) is 7.12. The quantitative estimate of drug-likeness (QED) is 0.866. The molecule has 0 fully saturated rings. The summed E-state index contributed by atoms with van der Waals surface area (Å²) >= 11 is 0. The van der Waals surface area contributed by atoms with Gasteiger partial charge < -0.3 is 10.6 Å². The second-order valence-electron chi connectivity index (χ2n) is 6.27. The van der Waals surface area contributed by atoms with E-state index in [1.165, 1.54) is 11.1 Å². The van der Waals surface area contributed by atoms with Gasteiger partial charge in [-0.25, -0.2) is 4.79 Å². The summed E-state index contributed by atoms with van der Waals surface area (Å²) in [6.07, 6.45) is 0. The van der Waals surface area contributed by atoms with E-state index < -0.39 is 0 Å². The van der Waals surface area contributed by atoms with Crippen LogP contribution in [0.5, 0.6) is 0 Å². The van der Waals surface area contributed by atoms with E-state index in [4.69, 9.17) is 0 Å². The van der Waals surface area contributed by atoms with E-state index >= 15 is 0 Å². The Morgan fingerprint density at radius 1 is 0.955 bits per heavy atom. The fourth-order valence-corrected chi connectivity index (χ4v) is 2.25. The van der Waals surface area contributed by atoms with Gasteiger partial charge in [-0.05, 0) is 18.1 Å². The first-order valence-electron chi connectivity index (χ1n) is 7.60. The lowest BCUT2D eigenvalue weighted by atomic mass is 9.84. The van der Waals surface area contributed by atoms with Gasteiger partial charge in [0.1, 0.15) is 0 Å². The number of urea groups is 1. The standard InChI is InChI=1S/C19H24N2O/c1-15-9-11-17(12-10-15)19(2,3)14-21-18(22)20-13-16-7-5-4-6-8-16/h4-12H,13-14H2,1-3H3,(H2,20,21,22). The highest BCUT2D eigenvalue weighted by Gasteiger charge is 2.21. The van der Waals surface area contributed by atoms with Gasteiger partial charge in [-0.15, -0.1) is 0 Å². The smallest absolute Gasteiger partial charge is 0.315 e. The Morgan fingerprint density at radius 3 is 2.23 bits per heavy atom. The van der Waals surface area contributed by atoms with Crippen LogP contribution in [0.4, 0.5) is 4.79 Å². The SMILES string of the molecule is Cc1ccc(C(C)(C)CNC(=O)NCc2ccccc2)cc1. The van der Waals surface area contributed by atoms with Crippen molar-refractivity contribution >= 4 is 6.03 Å². The summed E-state index contributed by atoms with van der Waals surface area (Å²) in [6.45, 7) is 7.48. The van der Waals surface area contributed by atoms with Crippen LogP contribution in [0.2, 0.25) is 0 Å². The first kappa shape index (κ1) is 16.1. The van der Waals surface area contributed by atoms with Crippen molar-refractivity contribution in [3.05, 3.63) is 71.3 Å². The third kappa shape index (κ3) is 4.62. The topological polar surface area (TPSA) is 41.1 Å². The maximum Gasteiger partial charge on any atom is 0.315 e. The van der Waals surface area contributed by atoms with Crippen LogP contribution in [0.1, 0.15) is 30.5 Å². The van der Waals surface area contributed by atoms with Crippen LogP contribution in [-0.4, -0.2) is 12.6 Å². The largest absolute Gasteiger partial charge is 0.337 e. The number of hydrogen-bond donors (Lipinski definition) is 2. The Morgan fingerprint density at radius 2 is 1.59 bits per heavy atom. The van der Waals surface area contributed by atoms with Crippen molar-refractivity contribution in [2.75, 3.05) is 6.54 Å². The third-order valence-corrected chi connectivity index (χ3v) is 3.82. The molecule has 22 heavy (non-hydrogen) atoms. The van der Waals surface area contributed by atoms with Crippen molar-refractivity contribution < 1.29 is 4.79 Å². The lowest BCUT2D eigenvalue weighted by molar-refractivity contribution is 0.238. The summed E-state index contributed by atoms with van der Waals surface area (Å²) in [5.74, 6) is 0. The Kier molecular flexibility index (Phi) is 5.21. The molecule has 3 heteroatoms. The van der Waals surface area contributed by atoms with E-state index in [9.17, 15) is 4.79 Å². The van der Waals surface area contributed by atoms with Crippen molar-refractivity contribution in [3.8, 4) is 0 Å². The van der Waals surface area contributed by atoms with E-state index in [0.717, 1.165) is 5.56 Å². The molecule has 0 radical (unpaired) electrons. The first-order valence-corrected chi connectivity index (χ1v) is 7.60. The molecule has 0 aliphatic rings. The molecule has 0 saturated heterocycles. The zero-order chi connectivity index (χ0) is 16.0. The number of benzene rings is 2. The van der Waals surface area contributed by atoms with Gasteiger partial charge in [-0.3, -0.25) is 0 Å². The summed E-state index contributed by atoms with van der Waals surface area (Å²) in [6, 6.07) is 18.2. The maximum absolute atomic E-state index is 11.9. The molecule has 0 saturated carbocycles. The fourth-order valence-electron chi connectivity index (χ4n) is 2.25. The van der Waals surface area contributed by atoms with E-state index in [2.05, 4.69) is 55.7 Å². The van der Waals surface area contributed by atoms with Gasteiger partial charge in [0.15, 0.2) is 0 Å². The minimum Gasteiger partial charge on any atom is -0.337 e. The average Bonchev–Trinajstić information content (AvgIpc) is 2.52. The molecule has 2 aromatic rings. The highest BCUT2D eigenvalue weighted by molar-refractivity contribution is 5.74. The summed E-state index contributed by atoms with van der Waals surface area (Å²) in [7, 11) is 0. The molecule has 2 N–H and O–H groups in total. The maximum atomic E-state index is 11.9. The molecular formula is C19H24N2O. The number of carbonyl (C=O) groups is 1. The summed E-state index contributed by atoms with van der Waals surface area (Å²) in [5, 5.41) is 5.84. The zero-order valence-corrected chi connectivity index (χ0v) is 13.5. The Hall–Kier alpha value is -2.29. The van der Waals surface area contributed by atoms with E-state index in [-0.39, 0.29) is 11.4 Å². The van der Waals surface area contributed by atoms with Crippen molar-refractivity contribution in [2.24, 2.45) is 0 Å². The second-order valence-corrected chi connectivity index (χ2v) is 6.27. The average molecular weight is 296 g/mol. The number of amides is 2. The molecular weight excluding hydrogens is 272 g/mol. The van der Waals surface area contributed by atoms with Crippen LogP contribution in [0.25, 0.3) is 0 Å². The van der Waals surface area contributed by atoms with Crippen LogP contribution in [0.15, 0.2) is 54.6 Å². The van der Waals surface area contributed by atoms with Gasteiger partial charge in [0.05, 0.1) is 0 Å². The predicted octanol–water partition coefficient (Wildman–Crippen LogP) is 3.77. The third-order valence-electron chi connectivity index (χ3n) is 3.82. The van der Waals surface area contributed by atoms with Crippen LogP contribution in [-0.2, 0) is 12.0 Å². The molecule has 2 rings (SSSR count). The van der Waals surface area contributed by atoms with Gasteiger partial charge in [0.25, 0.3) is 0 Å². The van der Waals surface area contributed by atoms with E-state index in [0.29, 0.717) is 13.1 Å². The first-order chi connectivity index (χ1) is 10.5. The number of aryl methyl sites for hydroxylation is 1. The summed E-state index contributed by atoms with van der Waals surface area (Å²) < 4.78 is 0. The van der Waals surface area contributed by atoms with E-state index in [1.807, 2.05) is 30.3 Å². The van der Waals surface area contributed by atoms with Gasteiger partial charge in [0, 0.05) is 18.5 Å². The van der Waals surface area contributed by atoms with Crippen molar-refractivity contribution in [3.63, 3.8) is 0 Å². The molecule has 0 spiro atoms. The van der Waals surface area contributed by atoms with Gasteiger partial charge >= 0.3 is 6.03 Å². The molecule has 0 aliphatic carbocycles.